The Balaban J connectivity index is 1.69. The number of nitrogens with two attached hydrogens (primary N) is 2. The second kappa shape index (κ2) is 4.22. The molecule has 4 saturated carbocycles. The summed E-state index contributed by atoms with van der Waals surface area (Å²) >= 11 is 0. The second-order valence-electron chi connectivity index (χ2n) is 6.81. The molecule has 5 rings (SSSR count). The van der Waals surface area contributed by atoms with Crippen molar-refractivity contribution >= 4 is 11.7 Å². The fourth-order valence-electron chi connectivity index (χ4n) is 5.20. The molecule has 0 aromatic carbocycles. The normalized spacial score (nSPS) is 38.1. The maximum Gasteiger partial charge on any atom is 0.269 e. The van der Waals surface area contributed by atoms with Gasteiger partial charge in [-0.25, -0.2) is 10.8 Å². The monoisotopic (exact) mass is 275 g/mol. The van der Waals surface area contributed by atoms with Crippen LogP contribution < -0.4 is 17.0 Å². The number of H-pyrrole nitrogens is 1. The predicted octanol–water partition coefficient (Wildman–Crippen LogP) is 1.33. The van der Waals surface area contributed by atoms with Crippen molar-refractivity contribution in [2.75, 3.05) is 5.43 Å². The van der Waals surface area contributed by atoms with E-state index in [1.54, 1.807) is 0 Å². The average molecular weight is 275 g/mol. The summed E-state index contributed by atoms with van der Waals surface area (Å²) in [7, 11) is 0. The Bertz CT molecular complexity index is 524. The summed E-state index contributed by atoms with van der Waals surface area (Å²) in [5, 5.41) is 0. The molecule has 6 nitrogen and oxygen atoms in total. The number of anilines is 1. The van der Waals surface area contributed by atoms with Crippen molar-refractivity contribution in [1.29, 1.82) is 0 Å². The summed E-state index contributed by atoms with van der Waals surface area (Å²) in [5.41, 5.74) is 8.15. The third kappa shape index (κ3) is 1.67. The van der Waals surface area contributed by atoms with Gasteiger partial charge < -0.3 is 16.1 Å². The van der Waals surface area contributed by atoms with E-state index in [1.165, 1.54) is 32.1 Å². The highest BCUT2D eigenvalue weighted by Gasteiger charge is 2.49. The first-order valence-corrected chi connectivity index (χ1v) is 7.52. The minimum Gasteiger partial charge on any atom is -0.364 e. The maximum absolute atomic E-state index is 11.4. The Hall–Kier alpha value is -1.56. The van der Waals surface area contributed by atoms with E-state index in [0.717, 1.165) is 17.7 Å². The van der Waals surface area contributed by atoms with Crippen LogP contribution in [0.4, 0.5) is 5.82 Å². The zero-order valence-corrected chi connectivity index (χ0v) is 11.4. The van der Waals surface area contributed by atoms with Gasteiger partial charge in [-0.2, -0.15) is 0 Å². The first kappa shape index (κ1) is 12.2. The van der Waals surface area contributed by atoms with Crippen LogP contribution in [0.2, 0.25) is 0 Å². The Morgan fingerprint density at radius 1 is 1.15 bits per heavy atom. The predicted molar refractivity (Wildman–Crippen MR) is 74.7 cm³/mol. The molecular formula is C14H21N5O. The molecule has 6 heteroatoms. The summed E-state index contributed by atoms with van der Waals surface area (Å²) in [4.78, 5) is 19.1. The van der Waals surface area contributed by atoms with E-state index >= 15 is 0 Å². The number of carbonyl (C=O) groups excluding carboxylic acids is 1. The lowest BCUT2D eigenvalue weighted by Gasteiger charge is -2.53. The Kier molecular flexibility index (Phi) is 2.57. The third-order valence-electron chi connectivity index (χ3n) is 5.65. The molecule has 1 heterocycles. The molecular weight excluding hydrogens is 254 g/mol. The van der Waals surface area contributed by atoms with Gasteiger partial charge in [0.25, 0.3) is 5.91 Å². The van der Waals surface area contributed by atoms with Gasteiger partial charge in [0.05, 0.1) is 0 Å². The van der Waals surface area contributed by atoms with E-state index in [9.17, 15) is 4.79 Å². The topological polar surface area (TPSA) is 110 Å². The second-order valence-corrected chi connectivity index (χ2v) is 6.81. The first-order valence-electron chi connectivity index (χ1n) is 7.52. The molecule has 1 amide bonds. The average Bonchev–Trinajstić information content (AvgIpc) is 2.81. The van der Waals surface area contributed by atoms with Crippen LogP contribution in [-0.4, -0.2) is 15.9 Å². The summed E-state index contributed by atoms with van der Waals surface area (Å²) in [6.07, 6.45) is 6.69. The van der Waals surface area contributed by atoms with Gasteiger partial charge in [0, 0.05) is 5.92 Å². The maximum atomic E-state index is 11.4. The summed E-state index contributed by atoms with van der Waals surface area (Å²) < 4.78 is 0. The molecule has 0 atom stereocenters. The molecule has 1 aromatic rings. The fourth-order valence-corrected chi connectivity index (χ4v) is 5.20. The molecule has 4 bridgehead atoms. The molecule has 4 aliphatic carbocycles. The number of hydrogen-bond acceptors (Lipinski definition) is 4. The number of hydrazine groups is 1. The molecule has 4 aliphatic rings. The van der Waals surface area contributed by atoms with Crippen LogP contribution in [0.1, 0.15) is 54.3 Å². The molecule has 108 valence electrons. The fraction of sp³-hybridized carbons (Fsp3) is 0.714. The van der Waals surface area contributed by atoms with Gasteiger partial charge in [-0.05, 0) is 55.8 Å². The number of nitrogens with one attached hydrogen (secondary N) is 2. The van der Waals surface area contributed by atoms with Gasteiger partial charge in [0.15, 0.2) is 5.82 Å². The number of carbonyl (C=O) groups is 1. The van der Waals surface area contributed by atoms with Crippen molar-refractivity contribution < 1.29 is 4.79 Å². The van der Waals surface area contributed by atoms with E-state index in [-0.39, 0.29) is 0 Å². The number of primary amides is 1. The van der Waals surface area contributed by atoms with Crippen molar-refractivity contribution in [2.45, 2.75) is 38.0 Å². The molecule has 4 fully saturated rings. The van der Waals surface area contributed by atoms with Gasteiger partial charge in [0.2, 0.25) is 0 Å². The van der Waals surface area contributed by atoms with E-state index in [1.807, 2.05) is 0 Å². The minimum atomic E-state index is -0.513. The summed E-state index contributed by atoms with van der Waals surface area (Å²) in [6.45, 7) is 0. The lowest BCUT2D eigenvalue weighted by atomic mass is 9.52. The van der Waals surface area contributed by atoms with E-state index in [4.69, 9.17) is 11.6 Å². The lowest BCUT2D eigenvalue weighted by molar-refractivity contribution is -0.00539. The Labute approximate surface area is 117 Å². The van der Waals surface area contributed by atoms with E-state index < -0.39 is 5.91 Å². The van der Waals surface area contributed by atoms with Crippen molar-refractivity contribution in [1.82, 2.24) is 9.97 Å². The summed E-state index contributed by atoms with van der Waals surface area (Å²) in [5.74, 6) is 9.92. The van der Waals surface area contributed by atoms with Gasteiger partial charge in [0.1, 0.15) is 11.5 Å². The van der Waals surface area contributed by atoms with Crippen LogP contribution in [-0.2, 0) is 0 Å². The SMILES string of the molecule is NNc1nc(C2C3CC4CC(C3)CC2C4)[nH]c1C(N)=O. The van der Waals surface area contributed by atoms with Crippen LogP contribution in [0.3, 0.4) is 0 Å². The van der Waals surface area contributed by atoms with Gasteiger partial charge in [-0.15, -0.1) is 0 Å². The molecule has 0 unspecified atom stereocenters. The van der Waals surface area contributed by atoms with Gasteiger partial charge >= 0.3 is 0 Å². The Morgan fingerprint density at radius 2 is 1.75 bits per heavy atom. The van der Waals surface area contributed by atoms with Gasteiger partial charge in [-0.3, -0.25) is 4.79 Å². The lowest BCUT2D eigenvalue weighted by Crippen LogP contribution is -2.44. The van der Waals surface area contributed by atoms with Crippen LogP contribution in [0.5, 0.6) is 0 Å². The largest absolute Gasteiger partial charge is 0.364 e. The molecule has 6 N–H and O–H groups in total. The van der Waals surface area contributed by atoms with Crippen LogP contribution in [0, 0.1) is 23.7 Å². The zero-order valence-electron chi connectivity index (χ0n) is 11.4. The third-order valence-corrected chi connectivity index (χ3v) is 5.65. The van der Waals surface area contributed by atoms with Crippen LogP contribution in [0.25, 0.3) is 0 Å². The number of amides is 1. The zero-order chi connectivity index (χ0) is 13.9. The minimum absolute atomic E-state index is 0.302. The molecule has 0 aliphatic heterocycles. The molecule has 0 saturated heterocycles. The number of nitrogen functional groups attached to an aromatic ring is 1. The molecule has 0 radical (unpaired) electrons. The highest BCUT2D eigenvalue weighted by atomic mass is 16.1. The number of aromatic nitrogens is 2. The van der Waals surface area contributed by atoms with E-state index in [0.29, 0.717) is 29.3 Å². The molecule has 1 aromatic heterocycles. The number of hydrogen-bond donors (Lipinski definition) is 4. The van der Waals surface area contributed by atoms with E-state index in [2.05, 4.69) is 15.4 Å². The molecule has 0 spiro atoms. The van der Waals surface area contributed by atoms with Gasteiger partial charge in [-0.1, -0.05) is 0 Å². The number of rotatable bonds is 3. The van der Waals surface area contributed by atoms with Crippen molar-refractivity contribution in [3.8, 4) is 0 Å². The van der Waals surface area contributed by atoms with Crippen LogP contribution >= 0.6 is 0 Å². The van der Waals surface area contributed by atoms with Crippen molar-refractivity contribution in [3.05, 3.63) is 11.5 Å². The smallest absolute Gasteiger partial charge is 0.269 e. The Morgan fingerprint density at radius 3 is 2.20 bits per heavy atom. The first-order chi connectivity index (χ1) is 9.65. The number of imidazole rings is 1. The molecule has 20 heavy (non-hydrogen) atoms. The van der Waals surface area contributed by atoms with Crippen molar-refractivity contribution in [2.24, 2.45) is 35.2 Å². The van der Waals surface area contributed by atoms with Crippen LogP contribution in [0.15, 0.2) is 0 Å². The van der Waals surface area contributed by atoms with Crippen molar-refractivity contribution in [3.63, 3.8) is 0 Å². The standard InChI is InChI=1S/C14H21N5O/c15-12(20)11-14(19-16)18-13(17-11)10-8-2-6-1-7(4-8)5-9(10)3-6/h6-10,19H,1-5,16H2,(H2,15,20)(H,17,18). The highest BCUT2D eigenvalue weighted by Crippen LogP contribution is 2.59. The quantitative estimate of drug-likeness (QED) is 0.492. The number of aromatic amines is 1. The number of nitrogens with zero attached hydrogens (tertiary/aromatic N) is 1. The summed E-state index contributed by atoms with van der Waals surface area (Å²) in [6, 6.07) is 0. The highest BCUT2D eigenvalue weighted by molar-refractivity contribution is 5.95.